The van der Waals surface area contributed by atoms with Crippen molar-refractivity contribution in [3.05, 3.63) is 42.0 Å². The first-order valence-corrected chi connectivity index (χ1v) is 12.1. The van der Waals surface area contributed by atoms with Crippen LogP contribution in [0.5, 0.6) is 5.75 Å². The fourth-order valence-corrected chi connectivity index (χ4v) is 5.54. The number of rotatable bonds is 11. The molecule has 0 heterocycles. The number of fused-ring (bicyclic) bond motifs is 3. The van der Waals surface area contributed by atoms with Crippen LogP contribution in [0.2, 0.25) is 0 Å². The minimum atomic E-state index is -0.264. The second-order valence-electron chi connectivity index (χ2n) is 9.58. The lowest BCUT2D eigenvalue weighted by Gasteiger charge is -2.54. The van der Waals surface area contributed by atoms with Crippen molar-refractivity contribution < 1.29 is 9.53 Å². The van der Waals surface area contributed by atoms with E-state index in [0.717, 1.165) is 12.8 Å². The molecule has 1 aromatic rings. The summed E-state index contributed by atoms with van der Waals surface area (Å²) in [6, 6.07) is 8.40. The maximum Gasteiger partial charge on any atom is 0.335 e. The number of unbranched alkanes of at least 4 members (excludes halogenated alkanes) is 5. The minimum absolute atomic E-state index is 0.264. The Labute approximate surface area is 178 Å². The fourth-order valence-electron chi connectivity index (χ4n) is 5.54. The van der Waals surface area contributed by atoms with E-state index >= 15 is 0 Å². The van der Waals surface area contributed by atoms with Gasteiger partial charge in [0.05, 0.1) is 0 Å². The first kappa shape index (κ1) is 22.1. The van der Waals surface area contributed by atoms with Gasteiger partial charge in [0.2, 0.25) is 0 Å². The molecule has 1 aromatic carbocycles. The van der Waals surface area contributed by atoms with Crippen molar-refractivity contribution >= 4 is 5.97 Å². The zero-order chi connectivity index (χ0) is 20.6. The van der Waals surface area contributed by atoms with E-state index in [0.29, 0.717) is 16.6 Å². The first-order valence-electron chi connectivity index (χ1n) is 12.1. The van der Waals surface area contributed by atoms with E-state index in [1.807, 2.05) is 18.2 Å². The largest absolute Gasteiger partial charge is 0.423 e. The number of allylic oxidation sites excluding steroid dienone is 1. The number of esters is 1. The topological polar surface area (TPSA) is 26.3 Å². The summed E-state index contributed by atoms with van der Waals surface area (Å²) in [5, 5.41) is 0. The molecule has 3 aliphatic rings. The van der Waals surface area contributed by atoms with E-state index in [-0.39, 0.29) is 5.97 Å². The van der Waals surface area contributed by atoms with Crippen LogP contribution < -0.4 is 4.74 Å². The summed E-state index contributed by atoms with van der Waals surface area (Å²) in [4.78, 5) is 12.0. The molecular weight excluding hydrogens is 356 g/mol. The molecule has 0 atom stereocenters. The number of ether oxygens (including phenoxy) is 1. The van der Waals surface area contributed by atoms with Gasteiger partial charge < -0.3 is 4.74 Å². The second-order valence-corrected chi connectivity index (χ2v) is 9.58. The Morgan fingerprint density at radius 2 is 1.52 bits per heavy atom. The van der Waals surface area contributed by atoms with Crippen molar-refractivity contribution in [3.63, 3.8) is 0 Å². The van der Waals surface area contributed by atoms with Crippen LogP contribution in [-0.2, 0) is 10.2 Å². The Morgan fingerprint density at radius 1 is 0.897 bits per heavy atom. The zero-order valence-electron chi connectivity index (χ0n) is 18.7. The highest BCUT2D eigenvalue weighted by Crippen LogP contribution is 2.59. The van der Waals surface area contributed by atoms with Crippen LogP contribution in [-0.4, -0.2) is 5.97 Å². The molecule has 29 heavy (non-hydrogen) atoms. The van der Waals surface area contributed by atoms with Crippen molar-refractivity contribution in [3.8, 4) is 5.75 Å². The molecular formula is C27H40O2. The molecule has 4 rings (SSSR count). The lowest BCUT2D eigenvalue weighted by atomic mass is 9.51. The highest BCUT2D eigenvalue weighted by molar-refractivity contribution is 5.83. The van der Waals surface area contributed by atoms with E-state index < -0.39 is 0 Å². The molecule has 0 unspecified atom stereocenters. The van der Waals surface area contributed by atoms with E-state index in [1.165, 1.54) is 82.6 Å². The fraction of sp³-hybridized carbons (Fsp3) is 0.667. The third kappa shape index (κ3) is 5.74. The summed E-state index contributed by atoms with van der Waals surface area (Å²) in [5.41, 5.74) is 2.47. The van der Waals surface area contributed by atoms with Gasteiger partial charge >= 0.3 is 5.97 Å². The summed E-state index contributed by atoms with van der Waals surface area (Å²) in [7, 11) is 0. The van der Waals surface area contributed by atoms with Crippen LogP contribution in [0.4, 0.5) is 0 Å². The molecule has 0 aromatic heterocycles. The predicted octanol–water partition coefficient (Wildman–Crippen LogP) is 7.90. The van der Waals surface area contributed by atoms with Crippen molar-refractivity contribution in [2.75, 3.05) is 0 Å². The molecule has 2 heteroatoms. The smallest absolute Gasteiger partial charge is 0.335 e. The van der Waals surface area contributed by atoms with Gasteiger partial charge in [0.25, 0.3) is 0 Å². The SMILES string of the molecule is CCCCCC=CC(=O)Oc1ccc(C23CCC(CCCCC)(CC2)CC3)cc1. The van der Waals surface area contributed by atoms with Crippen molar-refractivity contribution in [1.82, 2.24) is 0 Å². The molecule has 0 saturated heterocycles. The summed E-state index contributed by atoms with van der Waals surface area (Å²) in [6.45, 7) is 4.49. The highest BCUT2D eigenvalue weighted by atomic mass is 16.5. The third-order valence-electron chi connectivity index (χ3n) is 7.63. The van der Waals surface area contributed by atoms with Gasteiger partial charge in [0, 0.05) is 6.08 Å². The average Bonchev–Trinajstić information content (AvgIpc) is 2.75. The number of carbonyl (C=O) groups is 1. The highest BCUT2D eigenvalue weighted by Gasteiger charge is 2.48. The Balaban J connectivity index is 1.51. The Hall–Kier alpha value is -1.57. The Morgan fingerprint density at radius 3 is 2.14 bits per heavy atom. The molecule has 3 fully saturated rings. The third-order valence-corrected chi connectivity index (χ3v) is 7.63. The lowest BCUT2D eigenvalue weighted by Crippen LogP contribution is -2.44. The summed E-state index contributed by atoms with van der Waals surface area (Å²) in [6.07, 6.45) is 21.8. The molecule has 3 aliphatic carbocycles. The average molecular weight is 397 g/mol. The van der Waals surface area contributed by atoms with Crippen LogP contribution in [0.3, 0.4) is 0 Å². The van der Waals surface area contributed by atoms with Crippen LogP contribution in [0, 0.1) is 5.41 Å². The van der Waals surface area contributed by atoms with Gasteiger partial charge in [0.15, 0.2) is 0 Å². The van der Waals surface area contributed by atoms with Crippen LogP contribution in [0.15, 0.2) is 36.4 Å². The monoisotopic (exact) mass is 396 g/mol. The number of hydrogen-bond donors (Lipinski definition) is 0. The Bertz CT molecular complexity index is 646. The molecule has 3 saturated carbocycles. The molecule has 160 valence electrons. The first-order chi connectivity index (χ1) is 14.1. The summed E-state index contributed by atoms with van der Waals surface area (Å²) in [5.74, 6) is 0.397. The quantitative estimate of drug-likeness (QED) is 0.164. The van der Waals surface area contributed by atoms with Gasteiger partial charge in [-0.05, 0) is 86.3 Å². The summed E-state index contributed by atoms with van der Waals surface area (Å²) < 4.78 is 5.48. The molecule has 0 aliphatic heterocycles. The molecule has 0 N–H and O–H groups in total. The molecule has 0 radical (unpaired) electrons. The van der Waals surface area contributed by atoms with Crippen LogP contribution >= 0.6 is 0 Å². The van der Waals surface area contributed by atoms with Crippen molar-refractivity contribution in [2.45, 2.75) is 109 Å². The van der Waals surface area contributed by atoms with E-state index in [2.05, 4.69) is 26.0 Å². The van der Waals surface area contributed by atoms with Crippen LogP contribution in [0.1, 0.15) is 109 Å². The second kappa shape index (κ2) is 10.5. The van der Waals surface area contributed by atoms with Gasteiger partial charge in [-0.1, -0.05) is 64.2 Å². The molecule has 0 amide bonds. The van der Waals surface area contributed by atoms with E-state index in [1.54, 1.807) is 6.08 Å². The van der Waals surface area contributed by atoms with E-state index in [4.69, 9.17) is 4.74 Å². The zero-order valence-corrected chi connectivity index (χ0v) is 18.7. The van der Waals surface area contributed by atoms with Gasteiger partial charge in [0.1, 0.15) is 5.75 Å². The summed E-state index contributed by atoms with van der Waals surface area (Å²) >= 11 is 0. The van der Waals surface area contributed by atoms with Gasteiger partial charge in [-0.15, -0.1) is 0 Å². The number of hydrogen-bond acceptors (Lipinski definition) is 2. The van der Waals surface area contributed by atoms with Crippen LogP contribution in [0.25, 0.3) is 0 Å². The molecule has 0 spiro atoms. The molecule has 2 nitrogen and oxygen atoms in total. The van der Waals surface area contributed by atoms with E-state index in [9.17, 15) is 4.79 Å². The number of benzene rings is 1. The van der Waals surface area contributed by atoms with Crippen molar-refractivity contribution in [1.29, 1.82) is 0 Å². The maximum absolute atomic E-state index is 12.0. The lowest BCUT2D eigenvalue weighted by molar-refractivity contribution is -0.129. The Kier molecular flexibility index (Phi) is 7.98. The van der Waals surface area contributed by atoms with Crippen molar-refractivity contribution in [2.24, 2.45) is 5.41 Å². The molecule has 2 bridgehead atoms. The predicted molar refractivity (Wildman–Crippen MR) is 121 cm³/mol. The normalized spacial score (nSPS) is 26.1. The minimum Gasteiger partial charge on any atom is -0.423 e. The standard InChI is InChI=1S/C27H40O2/c1-3-5-7-8-9-11-25(28)29-24-14-12-23(13-15-24)27-20-17-26(18-21-27,19-22-27)16-10-6-4-2/h9,11-15H,3-8,10,16-22H2,1-2H3. The number of carbonyl (C=O) groups excluding carboxylic acids is 1. The maximum atomic E-state index is 12.0. The van der Waals surface area contributed by atoms with Gasteiger partial charge in [-0.2, -0.15) is 0 Å². The van der Waals surface area contributed by atoms with Gasteiger partial charge in [-0.25, -0.2) is 4.79 Å². The van der Waals surface area contributed by atoms with Gasteiger partial charge in [-0.3, -0.25) is 0 Å².